The minimum Gasteiger partial charge on any atom is -0.486 e. The molecule has 1 saturated heterocycles. The molecular formula is C17H25N3O3. The monoisotopic (exact) mass is 319 g/mol. The molecule has 2 aliphatic rings. The van der Waals surface area contributed by atoms with Gasteiger partial charge in [0.05, 0.1) is 0 Å². The van der Waals surface area contributed by atoms with Crippen LogP contribution in [-0.4, -0.2) is 68.2 Å². The van der Waals surface area contributed by atoms with Crippen molar-refractivity contribution >= 4 is 11.6 Å². The first kappa shape index (κ1) is 15.9. The molecule has 0 spiro atoms. The summed E-state index contributed by atoms with van der Waals surface area (Å²) in [6.45, 7) is 8.69. The van der Waals surface area contributed by atoms with E-state index in [1.165, 1.54) is 0 Å². The number of nitrogens with zero attached hydrogens (tertiary/aromatic N) is 2. The molecule has 2 heterocycles. The molecular weight excluding hydrogens is 294 g/mol. The number of rotatable bonds is 5. The van der Waals surface area contributed by atoms with Gasteiger partial charge in [-0.1, -0.05) is 6.92 Å². The van der Waals surface area contributed by atoms with Crippen molar-refractivity contribution in [3.8, 4) is 11.5 Å². The fraction of sp³-hybridized carbons (Fsp3) is 0.588. The number of amides is 1. The third kappa shape index (κ3) is 4.07. The average Bonchev–Trinajstić information content (AvgIpc) is 2.61. The predicted molar refractivity (Wildman–Crippen MR) is 89.2 cm³/mol. The molecule has 0 bridgehead atoms. The van der Waals surface area contributed by atoms with Crippen LogP contribution in [0.3, 0.4) is 0 Å². The van der Waals surface area contributed by atoms with Gasteiger partial charge in [-0.05, 0) is 18.7 Å². The summed E-state index contributed by atoms with van der Waals surface area (Å²) in [6.07, 6.45) is 0.514. The second kappa shape index (κ2) is 7.55. The van der Waals surface area contributed by atoms with Gasteiger partial charge in [0.1, 0.15) is 13.2 Å². The maximum atomic E-state index is 12.2. The van der Waals surface area contributed by atoms with E-state index < -0.39 is 0 Å². The van der Waals surface area contributed by atoms with E-state index in [0.29, 0.717) is 26.2 Å². The Morgan fingerprint density at radius 2 is 1.87 bits per heavy atom. The molecule has 2 aliphatic heterocycles. The zero-order chi connectivity index (χ0) is 16.1. The highest BCUT2D eigenvalue weighted by Gasteiger charge is 2.19. The van der Waals surface area contributed by atoms with Gasteiger partial charge in [0.2, 0.25) is 5.91 Å². The Morgan fingerprint density at radius 1 is 1.13 bits per heavy atom. The second-order valence-electron chi connectivity index (χ2n) is 5.85. The lowest BCUT2D eigenvalue weighted by Gasteiger charge is -2.34. The number of hydrogen-bond acceptors (Lipinski definition) is 5. The van der Waals surface area contributed by atoms with E-state index in [-0.39, 0.29) is 5.91 Å². The molecule has 1 amide bonds. The Kier molecular flexibility index (Phi) is 5.23. The van der Waals surface area contributed by atoms with Gasteiger partial charge in [0, 0.05) is 50.9 Å². The van der Waals surface area contributed by atoms with Gasteiger partial charge in [0.15, 0.2) is 11.5 Å². The van der Waals surface area contributed by atoms with Crippen LogP contribution in [0.15, 0.2) is 18.2 Å². The Morgan fingerprint density at radius 3 is 2.61 bits per heavy atom. The molecule has 1 N–H and O–H groups in total. The Balaban J connectivity index is 1.43. The summed E-state index contributed by atoms with van der Waals surface area (Å²) < 4.78 is 11.1. The number of fused-ring (bicyclic) bond motifs is 1. The number of likely N-dealkylation sites (N-methyl/N-ethyl adjacent to an activating group) is 1. The van der Waals surface area contributed by atoms with Crippen LogP contribution in [0.4, 0.5) is 5.69 Å². The standard InChI is InChI=1S/C17H25N3O3/c1-2-19-7-9-20(10-8-19)17(21)5-6-18-14-3-4-15-16(13-14)23-12-11-22-15/h3-4,13,18H,2,5-12H2,1H3. The molecule has 23 heavy (non-hydrogen) atoms. The van der Waals surface area contributed by atoms with Crippen molar-refractivity contribution in [2.45, 2.75) is 13.3 Å². The van der Waals surface area contributed by atoms with Crippen molar-refractivity contribution in [2.24, 2.45) is 0 Å². The summed E-state index contributed by atoms with van der Waals surface area (Å²) >= 11 is 0. The maximum Gasteiger partial charge on any atom is 0.224 e. The van der Waals surface area contributed by atoms with Crippen LogP contribution < -0.4 is 14.8 Å². The zero-order valence-corrected chi connectivity index (χ0v) is 13.7. The lowest BCUT2D eigenvalue weighted by Crippen LogP contribution is -2.48. The third-order valence-corrected chi connectivity index (χ3v) is 4.38. The lowest BCUT2D eigenvalue weighted by molar-refractivity contribution is -0.132. The molecule has 1 fully saturated rings. The van der Waals surface area contributed by atoms with Crippen molar-refractivity contribution in [1.82, 2.24) is 9.80 Å². The molecule has 0 unspecified atom stereocenters. The first-order valence-corrected chi connectivity index (χ1v) is 8.40. The van der Waals surface area contributed by atoms with Crippen LogP contribution in [0.2, 0.25) is 0 Å². The summed E-state index contributed by atoms with van der Waals surface area (Å²) in [4.78, 5) is 16.6. The Hall–Kier alpha value is -1.95. The van der Waals surface area contributed by atoms with Crippen LogP contribution in [0.25, 0.3) is 0 Å². The second-order valence-corrected chi connectivity index (χ2v) is 5.85. The molecule has 0 radical (unpaired) electrons. The van der Waals surface area contributed by atoms with Gasteiger partial charge in [-0.25, -0.2) is 0 Å². The van der Waals surface area contributed by atoms with Crippen LogP contribution >= 0.6 is 0 Å². The number of piperazine rings is 1. The summed E-state index contributed by atoms with van der Waals surface area (Å²) in [6, 6.07) is 5.79. The summed E-state index contributed by atoms with van der Waals surface area (Å²) in [5.74, 6) is 1.78. The summed E-state index contributed by atoms with van der Waals surface area (Å²) in [7, 11) is 0. The van der Waals surface area contributed by atoms with Crippen molar-refractivity contribution in [1.29, 1.82) is 0 Å². The third-order valence-electron chi connectivity index (χ3n) is 4.38. The van der Waals surface area contributed by atoms with E-state index in [9.17, 15) is 4.79 Å². The van der Waals surface area contributed by atoms with Crippen molar-refractivity contribution in [3.05, 3.63) is 18.2 Å². The van der Waals surface area contributed by atoms with E-state index in [1.807, 2.05) is 23.1 Å². The fourth-order valence-corrected chi connectivity index (χ4v) is 2.94. The zero-order valence-electron chi connectivity index (χ0n) is 13.7. The minimum absolute atomic E-state index is 0.228. The molecule has 0 aromatic heterocycles. The van der Waals surface area contributed by atoms with Gasteiger partial charge in [-0.15, -0.1) is 0 Å². The van der Waals surface area contributed by atoms with Gasteiger partial charge in [-0.2, -0.15) is 0 Å². The highest BCUT2D eigenvalue weighted by Crippen LogP contribution is 2.32. The number of anilines is 1. The summed E-state index contributed by atoms with van der Waals surface area (Å²) in [5.41, 5.74) is 0.956. The first-order valence-electron chi connectivity index (χ1n) is 8.40. The fourth-order valence-electron chi connectivity index (χ4n) is 2.94. The molecule has 3 rings (SSSR count). The molecule has 0 saturated carbocycles. The molecule has 0 aliphatic carbocycles. The van der Waals surface area contributed by atoms with Crippen molar-refractivity contribution < 1.29 is 14.3 Å². The van der Waals surface area contributed by atoms with Crippen LogP contribution in [-0.2, 0) is 4.79 Å². The Bertz CT molecular complexity index is 542. The van der Waals surface area contributed by atoms with Gasteiger partial charge in [0.25, 0.3) is 0 Å². The number of carbonyl (C=O) groups excluding carboxylic acids is 1. The topological polar surface area (TPSA) is 54.0 Å². The number of carbonyl (C=O) groups is 1. The normalized spacial score (nSPS) is 17.9. The molecule has 6 heteroatoms. The van der Waals surface area contributed by atoms with Crippen molar-refractivity contribution in [3.63, 3.8) is 0 Å². The van der Waals surface area contributed by atoms with Gasteiger partial charge >= 0.3 is 0 Å². The molecule has 126 valence electrons. The largest absolute Gasteiger partial charge is 0.486 e. The van der Waals surface area contributed by atoms with E-state index in [0.717, 1.165) is 49.9 Å². The number of benzene rings is 1. The maximum absolute atomic E-state index is 12.2. The summed E-state index contributed by atoms with van der Waals surface area (Å²) in [5, 5.41) is 3.29. The van der Waals surface area contributed by atoms with E-state index in [2.05, 4.69) is 17.1 Å². The highest BCUT2D eigenvalue weighted by atomic mass is 16.6. The highest BCUT2D eigenvalue weighted by molar-refractivity contribution is 5.77. The van der Waals surface area contributed by atoms with Gasteiger partial charge in [-0.3, -0.25) is 4.79 Å². The molecule has 1 aromatic carbocycles. The number of hydrogen-bond donors (Lipinski definition) is 1. The average molecular weight is 319 g/mol. The predicted octanol–water partition coefficient (Wildman–Crippen LogP) is 1.42. The minimum atomic E-state index is 0.228. The van der Waals surface area contributed by atoms with Crippen molar-refractivity contribution in [2.75, 3.05) is 57.8 Å². The SMILES string of the molecule is CCN1CCN(C(=O)CCNc2ccc3c(c2)OCCO3)CC1. The first-order chi connectivity index (χ1) is 11.3. The number of nitrogens with one attached hydrogen (secondary N) is 1. The Labute approximate surface area is 137 Å². The quantitative estimate of drug-likeness (QED) is 0.890. The van der Waals surface area contributed by atoms with Crippen LogP contribution in [0.1, 0.15) is 13.3 Å². The van der Waals surface area contributed by atoms with Crippen LogP contribution in [0, 0.1) is 0 Å². The number of ether oxygens (including phenoxy) is 2. The van der Waals surface area contributed by atoms with Gasteiger partial charge < -0.3 is 24.6 Å². The lowest BCUT2D eigenvalue weighted by atomic mass is 10.2. The van der Waals surface area contributed by atoms with Crippen LogP contribution in [0.5, 0.6) is 11.5 Å². The molecule has 1 aromatic rings. The molecule has 0 atom stereocenters. The van der Waals surface area contributed by atoms with E-state index >= 15 is 0 Å². The van der Waals surface area contributed by atoms with E-state index in [1.54, 1.807) is 0 Å². The van der Waals surface area contributed by atoms with E-state index in [4.69, 9.17) is 9.47 Å². The molecule has 6 nitrogen and oxygen atoms in total. The smallest absolute Gasteiger partial charge is 0.224 e.